The third kappa shape index (κ3) is 5.49. The largest absolute Gasteiger partial charge is 0.366 e. The molecule has 1 aromatic heterocycles. The van der Waals surface area contributed by atoms with E-state index in [9.17, 15) is 23.6 Å². The molecular weight excluding hydrogens is 564 g/mol. The summed E-state index contributed by atoms with van der Waals surface area (Å²) in [5.74, 6) is -0.335. The minimum Gasteiger partial charge on any atom is -0.366 e. The molecule has 2 fully saturated rings. The molecule has 2 aliphatic heterocycles. The lowest BCUT2D eigenvalue weighted by Crippen LogP contribution is -2.49. The van der Waals surface area contributed by atoms with E-state index in [1.165, 1.54) is 23.1 Å². The Hall–Kier alpha value is -4.01. The minimum atomic E-state index is -0.389. The number of benzene rings is 2. The molecule has 0 radical (unpaired) electrons. The number of anilines is 2. The maximum Gasteiger partial charge on any atom is 0.270 e. The van der Waals surface area contributed by atoms with Crippen LogP contribution in [0.1, 0.15) is 29.2 Å². The lowest BCUT2D eigenvalue weighted by Gasteiger charge is -2.39. The molecule has 2 aromatic carbocycles. The number of aromatic nitrogens is 1. The number of piperazine rings is 1. The van der Waals surface area contributed by atoms with E-state index < -0.39 is 0 Å². The summed E-state index contributed by atoms with van der Waals surface area (Å²) in [6.07, 6.45) is 1.71. The summed E-state index contributed by atoms with van der Waals surface area (Å²) in [5, 5.41) is 9.84. The number of amides is 1. The van der Waals surface area contributed by atoms with Crippen LogP contribution >= 0.6 is 24.0 Å². The summed E-state index contributed by atoms with van der Waals surface area (Å²) in [4.78, 5) is 32.7. The Kier molecular flexibility index (Phi) is 8.24. The van der Waals surface area contributed by atoms with Crippen molar-refractivity contribution in [2.45, 2.75) is 26.9 Å². The van der Waals surface area contributed by atoms with Crippen LogP contribution in [0.4, 0.5) is 20.3 Å². The molecule has 0 aliphatic carbocycles. The molecule has 11 heteroatoms. The second-order valence-corrected chi connectivity index (χ2v) is 11.4. The number of carbonyl (C=O) groups excluding carboxylic acids is 1. The highest BCUT2D eigenvalue weighted by Crippen LogP contribution is 2.37. The number of hydrogen-bond donors (Lipinski definition) is 0. The van der Waals surface area contributed by atoms with Gasteiger partial charge in [-0.25, -0.2) is 8.78 Å². The lowest BCUT2D eigenvalue weighted by molar-refractivity contribution is -0.122. The van der Waals surface area contributed by atoms with Crippen molar-refractivity contribution in [2.75, 3.05) is 36.0 Å². The quantitative estimate of drug-likeness (QED) is 0.293. The zero-order valence-electron chi connectivity index (χ0n) is 22.6. The van der Waals surface area contributed by atoms with Gasteiger partial charge in [0.25, 0.3) is 11.5 Å². The van der Waals surface area contributed by atoms with Crippen LogP contribution in [0.3, 0.4) is 0 Å². The third-order valence-electron chi connectivity index (χ3n) is 7.34. The van der Waals surface area contributed by atoms with Gasteiger partial charge in [0.05, 0.1) is 17.1 Å². The Bertz CT molecular complexity index is 1660. The van der Waals surface area contributed by atoms with E-state index in [0.29, 0.717) is 64.6 Å². The molecule has 0 spiro atoms. The first-order valence-electron chi connectivity index (χ1n) is 13.1. The van der Waals surface area contributed by atoms with Gasteiger partial charge in [0, 0.05) is 38.3 Å². The topological polar surface area (TPSA) is 72.6 Å². The SMILES string of the molecule is CCn1c(N2CCN(c3ccccc3F)CC2)c(/C=C2/SC(=S)N(Cc3ccc(F)cc3)C2=O)c(C)c(C#N)c1=O. The van der Waals surface area contributed by atoms with Gasteiger partial charge in [0.2, 0.25) is 0 Å². The summed E-state index contributed by atoms with van der Waals surface area (Å²) in [6, 6.07) is 14.6. The van der Waals surface area contributed by atoms with Gasteiger partial charge in [-0.3, -0.25) is 19.1 Å². The highest BCUT2D eigenvalue weighted by molar-refractivity contribution is 8.26. The van der Waals surface area contributed by atoms with Gasteiger partial charge in [-0.2, -0.15) is 5.26 Å². The lowest BCUT2D eigenvalue weighted by atomic mass is 10.0. The molecule has 7 nitrogen and oxygen atoms in total. The third-order valence-corrected chi connectivity index (χ3v) is 8.72. The minimum absolute atomic E-state index is 0.0219. The molecule has 5 rings (SSSR count). The van der Waals surface area contributed by atoms with Crippen molar-refractivity contribution < 1.29 is 13.6 Å². The van der Waals surface area contributed by atoms with Gasteiger partial charge in [0.15, 0.2) is 0 Å². The molecule has 3 aromatic rings. The summed E-state index contributed by atoms with van der Waals surface area (Å²) in [6.45, 7) is 6.13. The van der Waals surface area contributed by atoms with E-state index in [1.54, 1.807) is 47.9 Å². The molecule has 2 aliphatic rings. The standard InChI is InChI=1S/C30H27F2N5O2S2/c1-3-36-27(35-14-12-34(13-15-35)25-7-5-4-6-24(25)32)22(19(2)23(17-33)28(36)38)16-26-29(39)37(30(40)41-26)18-20-8-10-21(31)11-9-20/h4-11,16H,3,12-15,18H2,1-2H3/b26-16+. The first-order chi connectivity index (χ1) is 19.7. The van der Waals surface area contributed by atoms with Gasteiger partial charge in [0.1, 0.15) is 33.4 Å². The monoisotopic (exact) mass is 591 g/mol. The van der Waals surface area contributed by atoms with Crippen LogP contribution in [0.15, 0.2) is 58.2 Å². The number of nitriles is 1. The first-order valence-corrected chi connectivity index (χ1v) is 14.4. The number of thioether (sulfide) groups is 1. The number of pyridine rings is 1. The van der Waals surface area contributed by atoms with Crippen molar-refractivity contribution in [1.82, 2.24) is 9.47 Å². The molecule has 210 valence electrons. The van der Waals surface area contributed by atoms with Crippen LogP contribution in [-0.4, -0.2) is 45.9 Å². The van der Waals surface area contributed by atoms with Gasteiger partial charge >= 0.3 is 0 Å². The Morgan fingerprint density at radius 2 is 1.68 bits per heavy atom. The van der Waals surface area contributed by atoms with Gasteiger partial charge < -0.3 is 9.80 Å². The highest BCUT2D eigenvalue weighted by Gasteiger charge is 2.34. The molecule has 0 unspecified atom stereocenters. The summed E-state index contributed by atoms with van der Waals surface area (Å²) < 4.78 is 29.8. The number of thiocarbonyl (C=S) groups is 1. The van der Waals surface area contributed by atoms with Crippen LogP contribution in [-0.2, 0) is 17.9 Å². The average molecular weight is 592 g/mol. The van der Waals surface area contributed by atoms with Crippen LogP contribution in [0.25, 0.3) is 6.08 Å². The molecule has 0 atom stereocenters. The van der Waals surface area contributed by atoms with E-state index >= 15 is 0 Å². The average Bonchev–Trinajstić information content (AvgIpc) is 3.23. The molecular formula is C30H27F2N5O2S2. The van der Waals surface area contributed by atoms with Gasteiger partial charge in [-0.1, -0.05) is 48.2 Å². The Labute approximate surface area is 246 Å². The van der Waals surface area contributed by atoms with E-state index in [2.05, 4.69) is 4.90 Å². The molecule has 0 N–H and O–H groups in total. The highest BCUT2D eigenvalue weighted by atomic mass is 32.2. The number of nitrogens with zero attached hydrogens (tertiary/aromatic N) is 5. The van der Waals surface area contributed by atoms with Crippen LogP contribution in [0.2, 0.25) is 0 Å². The summed E-state index contributed by atoms with van der Waals surface area (Å²) >= 11 is 6.66. The second kappa shape index (κ2) is 11.8. The molecule has 0 bridgehead atoms. The fourth-order valence-electron chi connectivity index (χ4n) is 5.19. The van der Waals surface area contributed by atoms with E-state index in [0.717, 1.165) is 17.3 Å². The Morgan fingerprint density at radius 1 is 1.02 bits per heavy atom. The smallest absolute Gasteiger partial charge is 0.270 e. The first kappa shape index (κ1) is 28.5. The fourth-order valence-corrected chi connectivity index (χ4v) is 6.42. The molecule has 41 heavy (non-hydrogen) atoms. The number of halogens is 2. The van der Waals surface area contributed by atoms with Crippen LogP contribution in [0.5, 0.6) is 0 Å². The predicted octanol–water partition coefficient (Wildman–Crippen LogP) is 5.05. The Morgan fingerprint density at radius 3 is 2.32 bits per heavy atom. The van der Waals surface area contributed by atoms with E-state index in [1.807, 2.05) is 17.9 Å². The summed E-state index contributed by atoms with van der Waals surface area (Å²) in [5.41, 5.74) is 1.98. The van der Waals surface area contributed by atoms with Gasteiger partial charge in [-0.15, -0.1) is 0 Å². The number of carbonyl (C=O) groups is 1. The van der Waals surface area contributed by atoms with Crippen molar-refractivity contribution in [3.8, 4) is 6.07 Å². The predicted molar refractivity (Wildman–Crippen MR) is 162 cm³/mol. The number of hydrogen-bond acceptors (Lipinski definition) is 7. The number of para-hydroxylation sites is 1. The van der Waals surface area contributed by atoms with E-state index in [4.69, 9.17) is 12.2 Å². The zero-order valence-corrected chi connectivity index (χ0v) is 24.2. The maximum absolute atomic E-state index is 14.4. The zero-order chi connectivity index (χ0) is 29.3. The van der Waals surface area contributed by atoms with Gasteiger partial charge in [-0.05, 0) is 55.3 Å². The van der Waals surface area contributed by atoms with Crippen molar-refractivity contribution in [3.05, 3.63) is 97.7 Å². The molecule has 2 saturated heterocycles. The number of rotatable bonds is 6. The van der Waals surface area contributed by atoms with E-state index in [-0.39, 0.29) is 35.2 Å². The molecule has 1 amide bonds. The van der Waals surface area contributed by atoms with Crippen molar-refractivity contribution >= 4 is 51.8 Å². The van der Waals surface area contributed by atoms with Crippen LogP contribution < -0.4 is 15.4 Å². The fraction of sp³-hybridized carbons (Fsp3) is 0.267. The maximum atomic E-state index is 14.4. The summed E-state index contributed by atoms with van der Waals surface area (Å²) in [7, 11) is 0. The van der Waals surface area contributed by atoms with Crippen LogP contribution in [0, 0.1) is 29.9 Å². The second-order valence-electron chi connectivity index (χ2n) is 9.72. The normalized spacial score (nSPS) is 16.6. The molecule has 0 saturated carbocycles. The van der Waals surface area contributed by atoms with Crippen molar-refractivity contribution in [2.24, 2.45) is 0 Å². The Balaban J connectivity index is 1.51. The molecule has 3 heterocycles. The van der Waals surface area contributed by atoms with Crippen molar-refractivity contribution in [3.63, 3.8) is 0 Å². The van der Waals surface area contributed by atoms with Crippen molar-refractivity contribution in [1.29, 1.82) is 5.26 Å².